The molecule has 0 aromatic heterocycles. The molecule has 0 fully saturated rings. The molecule has 0 amide bonds. The number of fused-ring (bicyclic) bond motifs is 2. The Morgan fingerprint density at radius 1 is 1.26 bits per heavy atom. The number of hydrogen-bond donors (Lipinski definition) is 1. The molecule has 4 aliphatic rings. The predicted molar refractivity (Wildman–Crippen MR) is 129 cm³/mol. The van der Waals surface area contributed by atoms with Crippen molar-refractivity contribution in [3.63, 3.8) is 0 Å². The third kappa shape index (κ3) is 6.56. The molecule has 1 radical (unpaired) electrons. The first-order chi connectivity index (χ1) is 14.8. The smallest absolute Gasteiger partial charge is 0.648 e. The van der Waals surface area contributed by atoms with Gasteiger partial charge in [-0.3, -0.25) is 9.89 Å². The maximum atomic E-state index is 10.2. The molecule has 3 unspecified atom stereocenters. The normalized spacial score (nSPS) is 27.6. The summed E-state index contributed by atoms with van der Waals surface area (Å²) in [6, 6.07) is 0.623. The molecule has 4 rings (SSSR count). The van der Waals surface area contributed by atoms with E-state index < -0.39 is 0 Å². The molecular formula is C25H34CuN3OS+. The van der Waals surface area contributed by atoms with Crippen LogP contribution in [0.5, 0.6) is 0 Å². The van der Waals surface area contributed by atoms with Gasteiger partial charge in [0.1, 0.15) is 0 Å². The molecule has 6 heteroatoms. The largest absolute Gasteiger partial charge is 2.00 e. The van der Waals surface area contributed by atoms with E-state index >= 15 is 0 Å². The number of aliphatic hydroxyl groups excluding tert-OH is 1. The number of allylic oxidation sites excluding steroid dienone is 6. The van der Waals surface area contributed by atoms with Crippen LogP contribution in [0.4, 0.5) is 0 Å². The Morgan fingerprint density at radius 3 is 2.94 bits per heavy atom. The van der Waals surface area contributed by atoms with E-state index in [2.05, 4.69) is 59.8 Å². The average Bonchev–Trinajstić information content (AvgIpc) is 2.79. The first kappa shape index (κ1) is 24.8. The fourth-order valence-corrected chi connectivity index (χ4v) is 5.28. The second kappa shape index (κ2) is 12.4. The van der Waals surface area contributed by atoms with Gasteiger partial charge in [0, 0.05) is 29.9 Å². The van der Waals surface area contributed by atoms with E-state index in [-0.39, 0.29) is 41.8 Å². The molecule has 1 N–H and O–H groups in total. The van der Waals surface area contributed by atoms with E-state index in [0.29, 0.717) is 5.92 Å². The van der Waals surface area contributed by atoms with Crippen LogP contribution in [-0.2, 0) is 17.1 Å². The predicted octanol–water partition coefficient (Wildman–Crippen LogP) is 4.66. The Labute approximate surface area is 202 Å². The molecule has 171 valence electrons. The number of nitrogens with zero attached hydrogens (tertiary/aromatic N) is 3. The SMILES string of the molecule is CSCCC(CO)N(CC1=NC2=CC=CCC2CC1)C[C@@H]1C=CC2=CC=CCC2[N-]1.[Cu+2]. The summed E-state index contributed by atoms with van der Waals surface area (Å²) in [6.45, 7) is 1.88. The summed E-state index contributed by atoms with van der Waals surface area (Å²) in [7, 11) is 0. The molecule has 31 heavy (non-hydrogen) atoms. The first-order valence-electron chi connectivity index (χ1n) is 11.3. The zero-order valence-corrected chi connectivity index (χ0v) is 20.0. The summed E-state index contributed by atoms with van der Waals surface area (Å²) < 4.78 is 0. The second-order valence-corrected chi connectivity index (χ2v) is 9.62. The minimum Gasteiger partial charge on any atom is -0.648 e. The van der Waals surface area contributed by atoms with Crippen molar-refractivity contribution < 1.29 is 22.2 Å². The van der Waals surface area contributed by atoms with Crippen molar-refractivity contribution in [2.24, 2.45) is 10.9 Å². The van der Waals surface area contributed by atoms with Gasteiger partial charge in [-0.25, -0.2) is 0 Å². The molecule has 2 aliphatic heterocycles. The van der Waals surface area contributed by atoms with Crippen LogP contribution in [0.2, 0.25) is 0 Å². The molecule has 4 nitrogen and oxygen atoms in total. The van der Waals surface area contributed by atoms with E-state index in [0.717, 1.165) is 44.5 Å². The van der Waals surface area contributed by atoms with Gasteiger partial charge in [0.2, 0.25) is 0 Å². The van der Waals surface area contributed by atoms with Gasteiger partial charge in [0.25, 0.3) is 0 Å². The van der Waals surface area contributed by atoms with Gasteiger partial charge < -0.3 is 10.4 Å². The zero-order valence-electron chi connectivity index (χ0n) is 18.3. The average molecular weight is 488 g/mol. The van der Waals surface area contributed by atoms with Crippen LogP contribution < -0.4 is 0 Å². The van der Waals surface area contributed by atoms with Gasteiger partial charge in [-0.1, -0.05) is 42.0 Å². The van der Waals surface area contributed by atoms with Gasteiger partial charge in [-0.15, -0.1) is 18.2 Å². The van der Waals surface area contributed by atoms with Gasteiger partial charge >= 0.3 is 17.1 Å². The standard InChI is InChI=1S/C25H34N3OS.Cu/c1-30-15-14-23(18-29)28(16-21-12-10-19-6-2-4-8-24(19)26-21)17-22-13-11-20-7-3-5-9-25(20)27-22;/h2-6,9-10,12,20-21,23-24,29H,7-8,11,13-18H2,1H3;/q-1;+2/t20?,21-,23?,24?;/m0./s1. The topological polar surface area (TPSA) is 49.9 Å². The molecule has 0 aromatic rings. The van der Waals surface area contributed by atoms with Crippen LogP contribution in [-0.4, -0.2) is 65.5 Å². The fraction of sp³-hybridized carbons (Fsp3) is 0.560. The molecule has 0 saturated heterocycles. The molecule has 4 atom stereocenters. The summed E-state index contributed by atoms with van der Waals surface area (Å²) >= 11 is 1.85. The van der Waals surface area contributed by atoms with Gasteiger partial charge in [-0.05, 0) is 56.7 Å². The molecule has 2 aliphatic carbocycles. The van der Waals surface area contributed by atoms with Crippen molar-refractivity contribution in [1.29, 1.82) is 0 Å². The van der Waals surface area contributed by atoms with Gasteiger partial charge in [-0.2, -0.15) is 11.8 Å². The molecule has 0 aromatic carbocycles. The van der Waals surface area contributed by atoms with Crippen LogP contribution in [0.3, 0.4) is 0 Å². The van der Waals surface area contributed by atoms with Crippen molar-refractivity contribution in [3.8, 4) is 0 Å². The summed E-state index contributed by atoms with van der Waals surface area (Å²) in [5.41, 5.74) is 3.83. The van der Waals surface area contributed by atoms with E-state index in [1.165, 1.54) is 23.4 Å². The summed E-state index contributed by atoms with van der Waals surface area (Å²) in [4.78, 5) is 7.48. The van der Waals surface area contributed by atoms with E-state index in [9.17, 15) is 5.11 Å². The van der Waals surface area contributed by atoms with Crippen molar-refractivity contribution in [1.82, 2.24) is 4.90 Å². The van der Waals surface area contributed by atoms with Crippen LogP contribution in [0.15, 0.2) is 64.9 Å². The third-order valence-corrected chi connectivity index (χ3v) is 7.20. The summed E-state index contributed by atoms with van der Waals surface area (Å²) in [5.74, 6) is 1.66. The number of aliphatic imine (C=N–C) groups is 1. The number of thioether (sulfide) groups is 1. The molecular weight excluding hydrogens is 454 g/mol. The molecule has 0 spiro atoms. The summed E-state index contributed by atoms with van der Waals surface area (Å²) in [6.07, 6.45) is 25.1. The quantitative estimate of drug-likeness (QED) is 0.481. The Hall–Kier alpha value is -0.881. The number of hydrogen-bond acceptors (Lipinski definition) is 4. The number of rotatable bonds is 9. The number of aliphatic hydroxyl groups is 1. The monoisotopic (exact) mass is 487 g/mol. The van der Waals surface area contributed by atoms with Crippen LogP contribution in [0.1, 0.15) is 32.1 Å². The van der Waals surface area contributed by atoms with Crippen LogP contribution in [0.25, 0.3) is 5.32 Å². The summed E-state index contributed by atoms with van der Waals surface area (Å²) in [5, 5.41) is 15.3. The van der Waals surface area contributed by atoms with Crippen LogP contribution in [0, 0.1) is 5.92 Å². The van der Waals surface area contributed by atoms with E-state index in [4.69, 9.17) is 10.3 Å². The Morgan fingerprint density at radius 2 is 2.10 bits per heavy atom. The zero-order chi connectivity index (χ0) is 20.8. The molecule has 2 heterocycles. The van der Waals surface area contributed by atoms with Crippen molar-refractivity contribution in [3.05, 3.63) is 65.2 Å². The molecule has 0 saturated carbocycles. The van der Waals surface area contributed by atoms with E-state index in [1.807, 2.05) is 11.8 Å². The Bertz CT molecular complexity index is 786. The minimum absolute atomic E-state index is 0. The minimum atomic E-state index is 0. The third-order valence-electron chi connectivity index (χ3n) is 6.55. The van der Waals surface area contributed by atoms with Gasteiger partial charge in [0.15, 0.2) is 0 Å². The van der Waals surface area contributed by atoms with Crippen molar-refractivity contribution in [2.45, 2.75) is 50.2 Å². The van der Waals surface area contributed by atoms with E-state index in [1.54, 1.807) is 0 Å². The van der Waals surface area contributed by atoms with Crippen molar-refractivity contribution in [2.75, 3.05) is 31.7 Å². The first-order valence-corrected chi connectivity index (χ1v) is 12.7. The maximum Gasteiger partial charge on any atom is 2.00 e. The molecule has 0 bridgehead atoms. The fourth-order valence-electron chi connectivity index (χ4n) is 4.77. The van der Waals surface area contributed by atoms with Crippen LogP contribution >= 0.6 is 11.8 Å². The Kier molecular flexibility index (Phi) is 9.89. The maximum absolute atomic E-state index is 10.2. The Balaban J connectivity index is 0.00000272. The van der Waals surface area contributed by atoms with Gasteiger partial charge in [0.05, 0.1) is 6.61 Å². The second-order valence-electron chi connectivity index (χ2n) is 8.64. The van der Waals surface area contributed by atoms with Crippen molar-refractivity contribution >= 4 is 17.5 Å².